The predicted molar refractivity (Wildman–Crippen MR) is 125 cm³/mol. The summed E-state index contributed by atoms with van der Waals surface area (Å²) >= 11 is 0. The lowest BCUT2D eigenvalue weighted by atomic mass is 10.1. The first kappa shape index (κ1) is 21.4. The highest BCUT2D eigenvalue weighted by Crippen LogP contribution is 2.58. The molecule has 2 aromatic carbocycles. The molecule has 4 aromatic rings. The number of piperidine rings is 1. The lowest BCUT2D eigenvalue weighted by molar-refractivity contribution is -0.130. The molecule has 0 radical (unpaired) electrons. The quantitative estimate of drug-likeness (QED) is 0.430. The van der Waals surface area contributed by atoms with Gasteiger partial charge in [0, 0.05) is 42.5 Å². The van der Waals surface area contributed by atoms with E-state index in [4.69, 9.17) is 9.72 Å². The highest BCUT2D eigenvalue weighted by atomic mass is 19.1. The average molecular weight is 471 g/mol. The zero-order valence-corrected chi connectivity index (χ0v) is 19.1. The van der Waals surface area contributed by atoms with Gasteiger partial charge in [-0.25, -0.2) is 19.3 Å². The summed E-state index contributed by atoms with van der Waals surface area (Å²) in [4.78, 5) is 28.4. The summed E-state index contributed by atoms with van der Waals surface area (Å²) in [6.45, 7) is 1.36. The van der Waals surface area contributed by atoms with Crippen molar-refractivity contribution in [3.05, 3.63) is 84.2 Å². The third-order valence-corrected chi connectivity index (χ3v) is 6.86. The molecule has 8 nitrogen and oxygen atoms in total. The molecule has 2 unspecified atom stereocenters. The third-order valence-electron chi connectivity index (χ3n) is 6.86. The van der Waals surface area contributed by atoms with Gasteiger partial charge in [0.15, 0.2) is 5.82 Å². The Bertz CT molecular complexity index is 1360. The van der Waals surface area contributed by atoms with Crippen LogP contribution in [0.2, 0.25) is 0 Å². The molecule has 3 heterocycles. The molecule has 1 saturated carbocycles. The summed E-state index contributed by atoms with van der Waals surface area (Å²) < 4.78 is 20.5. The molecule has 35 heavy (non-hydrogen) atoms. The Morgan fingerprint density at radius 2 is 1.74 bits per heavy atom. The van der Waals surface area contributed by atoms with Gasteiger partial charge >= 0.3 is 0 Å². The number of carbonyl (C=O) groups excluding carboxylic acids is 1. The first-order valence-corrected chi connectivity index (χ1v) is 11.5. The number of hydrogen-bond acceptors (Lipinski definition) is 6. The molecule has 6 rings (SSSR count). The van der Waals surface area contributed by atoms with Crippen LogP contribution in [-0.4, -0.2) is 55.7 Å². The molecule has 0 N–H and O–H groups in total. The fourth-order valence-corrected chi connectivity index (χ4v) is 5.05. The normalized spacial score (nSPS) is 20.5. The second-order valence-electron chi connectivity index (χ2n) is 8.90. The van der Waals surface area contributed by atoms with Crippen LogP contribution in [-0.2, 0) is 11.2 Å². The SMILES string of the molecule is COc1ccccc1CC(=O)N1CC2C(C1)C2c1nc(-c2ccc(F)cc2)nn1-c1ncccn1. The van der Waals surface area contributed by atoms with Gasteiger partial charge in [0.05, 0.1) is 13.5 Å². The number of carbonyl (C=O) groups is 1. The van der Waals surface area contributed by atoms with Gasteiger partial charge in [-0.3, -0.25) is 4.79 Å². The molecule has 2 atom stereocenters. The molecule has 2 aliphatic rings. The molecule has 0 bridgehead atoms. The fraction of sp³-hybridized carbons (Fsp3) is 0.269. The van der Waals surface area contributed by atoms with Crippen molar-refractivity contribution in [2.24, 2.45) is 11.8 Å². The summed E-state index contributed by atoms with van der Waals surface area (Å²) in [6, 6.07) is 15.5. The van der Waals surface area contributed by atoms with Gasteiger partial charge in [-0.1, -0.05) is 18.2 Å². The molecular formula is C26H23FN6O2. The largest absolute Gasteiger partial charge is 0.496 e. The van der Waals surface area contributed by atoms with Gasteiger partial charge in [0.2, 0.25) is 5.91 Å². The summed E-state index contributed by atoms with van der Waals surface area (Å²) in [6.07, 6.45) is 3.64. The average Bonchev–Trinajstić information content (AvgIpc) is 3.22. The Hall–Kier alpha value is -4.14. The maximum atomic E-state index is 13.4. The lowest BCUT2D eigenvalue weighted by Gasteiger charge is -2.20. The van der Waals surface area contributed by atoms with Crippen LogP contribution >= 0.6 is 0 Å². The highest BCUT2D eigenvalue weighted by Gasteiger charge is 2.59. The maximum Gasteiger partial charge on any atom is 0.252 e. The van der Waals surface area contributed by atoms with Gasteiger partial charge in [-0.2, -0.15) is 4.68 Å². The second-order valence-corrected chi connectivity index (χ2v) is 8.90. The van der Waals surface area contributed by atoms with E-state index in [1.807, 2.05) is 29.2 Å². The van der Waals surface area contributed by atoms with Gasteiger partial charge in [-0.15, -0.1) is 5.10 Å². The van der Waals surface area contributed by atoms with Crippen molar-refractivity contribution in [3.63, 3.8) is 0 Å². The molecule has 1 aliphatic heterocycles. The topological polar surface area (TPSA) is 86.0 Å². The van der Waals surface area contributed by atoms with E-state index in [-0.39, 0.29) is 17.6 Å². The minimum Gasteiger partial charge on any atom is -0.496 e. The molecule has 0 spiro atoms. The fourth-order valence-electron chi connectivity index (χ4n) is 5.05. The number of likely N-dealkylation sites (tertiary alicyclic amines) is 1. The lowest BCUT2D eigenvalue weighted by Crippen LogP contribution is -2.33. The number of methoxy groups -OCH3 is 1. The van der Waals surface area contributed by atoms with Crippen LogP contribution in [0.4, 0.5) is 4.39 Å². The maximum absolute atomic E-state index is 13.4. The van der Waals surface area contributed by atoms with Crippen molar-refractivity contribution in [3.8, 4) is 23.1 Å². The monoisotopic (exact) mass is 470 g/mol. The van der Waals surface area contributed by atoms with Gasteiger partial charge in [-0.05, 0) is 48.2 Å². The molecule has 2 fully saturated rings. The van der Waals surface area contributed by atoms with Gasteiger partial charge in [0.1, 0.15) is 17.4 Å². The van der Waals surface area contributed by atoms with Crippen molar-refractivity contribution >= 4 is 5.91 Å². The van der Waals surface area contributed by atoms with Crippen LogP contribution in [0.3, 0.4) is 0 Å². The Morgan fingerprint density at radius 1 is 1.03 bits per heavy atom. The summed E-state index contributed by atoms with van der Waals surface area (Å²) in [7, 11) is 1.62. The van der Waals surface area contributed by atoms with Crippen LogP contribution in [0.15, 0.2) is 67.0 Å². The number of fused-ring (bicyclic) bond motifs is 1. The van der Waals surface area contributed by atoms with E-state index in [0.29, 0.717) is 43.1 Å². The van der Waals surface area contributed by atoms with E-state index >= 15 is 0 Å². The van der Waals surface area contributed by atoms with E-state index < -0.39 is 0 Å². The van der Waals surface area contributed by atoms with Crippen LogP contribution in [0.1, 0.15) is 17.3 Å². The standard InChI is InChI=1S/C26H23FN6O2/c1-35-21-6-3-2-5-17(21)13-22(34)32-14-19-20(15-32)23(19)25-30-24(16-7-9-18(27)10-8-16)31-33(25)26-28-11-4-12-29-26/h2-12,19-20,23H,13-15H2,1H3. The van der Waals surface area contributed by atoms with Crippen molar-refractivity contribution in [2.75, 3.05) is 20.2 Å². The van der Waals surface area contributed by atoms with Crippen molar-refractivity contribution < 1.29 is 13.9 Å². The van der Waals surface area contributed by atoms with E-state index in [2.05, 4.69) is 15.1 Å². The number of rotatable bonds is 6. The van der Waals surface area contributed by atoms with Crippen LogP contribution in [0.25, 0.3) is 17.3 Å². The van der Waals surface area contributed by atoms with Crippen molar-refractivity contribution in [1.29, 1.82) is 0 Å². The van der Waals surface area contributed by atoms with E-state index in [1.165, 1.54) is 12.1 Å². The number of aromatic nitrogens is 5. The number of halogens is 1. The highest BCUT2D eigenvalue weighted by molar-refractivity contribution is 5.80. The first-order valence-electron chi connectivity index (χ1n) is 11.5. The van der Waals surface area contributed by atoms with E-state index in [1.54, 1.807) is 42.4 Å². The zero-order chi connectivity index (χ0) is 23.9. The van der Waals surface area contributed by atoms with Crippen molar-refractivity contribution in [2.45, 2.75) is 12.3 Å². The molecule has 176 valence electrons. The van der Waals surface area contributed by atoms with E-state index in [9.17, 15) is 9.18 Å². The third kappa shape index (κ3) is 3.92. The molecular weight excluding hydrogens is 447 g/mol. The number of ether oxygens (including phenoxy) is 1. The minimum atomic E-state index is -0.311. The Morgan fingerprint density at radius 3 is 2.46 bits per heavy atom. The first-order chi connectivity index (χ1) is 17.1. The molecule has 1 amide bonds. The number of hydrogen-bond donors (Lipinski definition) is 0. The minimum absolute atomic E-state index is 0.0975. The predicted octanol–water partition coefficient (Wildman–Crippen LogP) is 3.29. The zero-order valence-electron chi connectivity index (χ0n) is 19.1. The molecule has 9 heteroatoms. The number of amides is 1. The smallest absolute Gasteiger partial charge is 0.252 e. The van der Waals surface area contributed by atoms with Gasteiger partial charge in [0.25, 0.3) is 5.95 Å². The molecule has 2 aromatic heterocycles. The van der Waals surface area contributed by atoms with Gasteiger partial charge < -0.3 is 9.64 Å². The molecule has 1 saturated heterocycles. The number of para-hydroxylation sites is 1. The number of benzene rings is 2. The van der Waals surface area contributed by atoms with Crippen molar-refractivity contribution in [1.82, 2.24) is 29.6 Å². The van der Waals surface area contributed by atoms with E-state index in [0.717, 1.165) is 22.7 Å². The van der Waals surface area contributed by atoms with Crippen LogP contribution in [0, 0.1) is 17.7 Å². The molecule has 1 aliphatic carbocycles. The number of nitrogens with zero attached hydrogens (tertiary/aromatic N) is 6. The Balaban J connectivity index is 1.22. The summed E-state index contributed by atoms with van der Waals surface area (Å²) in [5, 5.41) is 4.66. The Labute approximate surface area is 201 Å². The second kappa shape index (κ2) is 8.57. The summed E-state index contributed by atoms with van der Waals surface area (Å²) in [5.74, 6) is 3.02. The summed E-state index contributed by atoms with van der Waals surface area (Å²) in [5.41, 5.74) is 1.61. The Kier molecular flexibility index (Phi) is 5.24. The van der Waals surface area contributed by atoms with Crippen LogP contribution < -0.4 is 4.74 Å². The van der Waals surface area contributed by atoms with Crippen LogP contribution in [0.5, 0.6) is 5.75 Å².